The molecule has 0 spiro atoms. The number of hydrogen-bond donors (Lipinski definition) is 1. The number of epoxide rings is 1. The van der Waals surface area contributed by atoms with E-state index < -0.39 is 0 Å². The highest BCUT2D eigenvalue weighted by atomic mass is 16.8. The summed E-state index contributed by atoms with van der Waals surface area (Å²) < 4.78 is 12.1. The van der Waals surface area contributed by atoms with Crippen LogP contribution in [0.4, 0.5) is 0 Å². The van der Waals surface area contributed by atoms with Crippen LogP contribution in [0.1, 0.15) is 58.3 Å². The average Bonchev–Trinajstić information content (AvgIpc) is 3.37. The van der Waals surface area contributed by atoms with Gasteiger partial charge in [0, 0.05) is 30.7 Å². The van der Waals surface area contributed by atoms with Gasteiger partial charge in [0.15, 0.2) is 6.29 Å². The standard InChI is InChI=1S/C32H43NO4/c1-2-20-5-3-7-26(13-20)30-32(37-30)36-19-23(18-33-31(35)28-17-22-10-12-25(28)15-22)6-4-8-29(34)27-16-21-9-11-24(27)14-21/h3-6,9-12,20-28,30,32H,2,7-8,13-19H2,1H3,(H,33,35)/b6-4+. The first-order valence-corrected chi connectivity index (χ1v) is 14.8. The van der Waals surface area contributed by atoms with Crippen molar-refractivity contribution in [1.82, 2.24) is 5.32 Å². The molecular weight excluding hydrogens is 462 g/mol. The van der Waals surface area contributed by atoms with Crippen molar-refractivity contribution >= 4 is 11.7 Å². The number of carbonyl (C=O) groups is 2. The summed E-state index contributed by atoms with van der Waals surface area (Å²) in [5.41, 5.74) is 0. The number of carbonyl (C=O) groups excluding carboxylic acids is 2. The molecule has 6 aliphatic rings. The van der Waals surface area contributed by atoms with Crippen LogP contribution >= 0.6 is 0 Å². The molecular formula is C32H43NO4. The number of fused-ring (bicyclic) bond motifs is 4. The van der Waals surface area contributed by atoms with Gasteiger partial charge in [0.1, 0.15) is 11.9 Å². The van der Waals surface area contributed by atoms with Gasteiger partial charge in [0.05, 0.1) is 6.61 Å². The van der Waals surface area contributed by atoms with Gasteiger partial charge in [-0.15, -0.1) is 0 Å². The van der Waals surface area contributed by atoms with Crippen molar-refractivity contribution in [3.8, 4) is 0 Å². The highest BCUT2D eigenvalue weighted by Gasteiger charge is 2.46. The van der Waals surface area contributed by atoms with E-state index in [0.29, 0.717) is 60.9 Å². The van der Waals surface area contributed by atoms with Gasteiger partial charge < -0.3 is 14.8 Å². The zero-order valence-corrected chi connectivity index (χ0v) is 22.2. The van der Waals surface area contributed by atoms with E-state index in [1.807, 2.05) is 6.08 Å². The summed E-state index contributed by atoms with van der Waals surface area (Å²) in [7, 11) is 0. The predicted molar refractivity (Wildman–Crippen MR) is 143 cm³/mol. The van der Waals surface area contributed by atoms with Gasteiger partial charge in [-0.3, -0.25) is 9.59 Å². The SMILES string of the molecule is CCC1C=CCC(C2OC2OCC(/C=C/CC(=O)C2CC3C=CC2C3)CNC(=O)C2CC3C=CC2C3)C1. The first-order valence-electron chi connectivity index (χ1n) is 14.8. The van der Waals surface area contributed by atoms with Gasteiger partial charge in [-0.05, 0) is 80.5 Å². The van der Waals surface area contributed by atoms with E-state index in [1.165, 1.54) is 12.8 Å². The maximum absolute atomic E-state index is 12.9. The molecule has 2 saturated carbocycles. The molecule has 6 rings (SSSR count). The zero-order chi connectivity index (χ0) is 25.4. The quantitative estimate of drug-likeness (QED) is 0.285. The number of Topliss-reactive ketones (excluding diaryl/α,β-unsaturated/α-hetero) is 1. The van der Waals surface area contributed by atoms with E-state index in [9.17, 15) is 9.59 Å². The van der Waals surface area contributed by atoms with Crippen molar-refractivity contribution in [1.29, 1.82) is 0 Å². The Labute approximate surface area is 221 Å². The van der Waals surface area contributed by atoms with Crippen molar-refractivity contribution in [2.75, 3.05) is 13.2 Å². The van der Waals surface area contributed by atoms with Crippen LogP contribution in [-0.2, 0) is 19.1 Å². The van der Waals surface area contributed by atoms with Crippen molar-refractivity contribution in [2.24, 2.45) is 53.3 Å². The summed E-state index contributed by atoms with van der Waals surface area (Å²) in [5, 5.41) is 3.21. The number of allylic oxidation sites excluding steroid dienone is 7. The fourth-order valence-electron chi connectivity index (χ4n) is 7.68. The molecule has 200 valence electrons. The van der Waals surface area contributed by atoms with Crippen LogP contribution in [0, 0.1) is 53.3 Å². The largest absolute Gasteiger partial charge is 0.355 e. The molecule has 4 bridgehead atoms. The third-order valence-electron chi connectivity index (χ3n) is 9.97. The number of hydrogen-bond acceptors (Lipinski definition) is 4. The van der Waals surface area contributed by atoms with Gasteiger partial charge in [-0.2, -0.15) is 0 Å². The van der Waals surface area contributed by atoms with Crippen LogP contribution < -0.4 is 5.32 Å². The molecule has 1 aliphatic heterocycles. The lowest BCUT2D eigenvalue weighted by Crippen LogP contribution is -2.36. The minimum Gasteiger partial charge on any atom is -0.355 e. The monoisotopic (exact) mass is 505 g/mol. The lowest BCUT2D eigenvalue weighted by molar-refractivity contribution is -0.126. The molecule has 5 heteroatoms. The molecule has 5 nitrogen and oxygen atoms in total. The van der Waals surface area contributed by atoms with Crippen LogP contribution in [0.15, 0.2) is 48.6 Å². The lowest BCUT2D eigenvalue weighted by Gasteiger charge is -2.22. The minimum absolute atomic E-state index is 0.0327. The highest BCUT2D eigenvalue weighted by Crippen LogP contribution is 2.45. The molecule has 1 N–H and O–H groups in total. The Morgan fingerprint density at radius 1 is 1.00 bits per heavy atom. The lowest BCUT2D eigenvalue weighted by atomic mass is 9.83. The molecule has 1 amide bonds. The first kappa shape index (κ1) is 25.3. The van der Waals surface area contributed by atoms with Crippen LogP contribution in [0.3, 0.4) is 0 Å². The van der Waals surface area contributed by atoms with Crippen LogP contribution in [-0.4, -0.2) is 37.2 Å². The second kappa shape index (κ2) is 11.0. The average molecular weight is 506 g/mol. The number of rotatable bonds is 12. The maximum atomic E-state index is 12.9. The molecule has 5 aliphatic carbocycles. The van der Waals surface area contributed by atoms with Gasteiger partial charge in [0.2, 0.25) is 5.91 Å². The van der Waals surface area contributed by atoms with Gasteiger partial charge >= 0.3 is 0 Å². The van der Waals surface area contributed by atoms with Crippen molar-refractivity contribution < 1.29 is 19.1 Å². The Hall–Kier alpha value is -1.98. The number of ketones is 1. The number of nitrogens with one attached hydrogen (secondary N) is 1. The second-order valence-electron chi connectivity index (χ2n) is 12.5. The Balaban J connectivity index is 1.01. The maximum Gasteiger partial charge on any atom is 0.223 e. The second-order valence-corrected chi connectivity index (χ2v) is 12.5. The Morgan fingerprint density at radius 3 is 2.43 bits per heavy atom. The van der Waals surface area contributed by atoms with E-state index in [-0.39, 0.29) is 36.1 Å². The molecule has 1 heterocycles. The fourth-order valence-corrected chi connectivity index (χ4v) is 7.68. The van der Waals surface area contributed by atoms with E-state index in [0.717, 1.165) is 32.1 Å². The van der Waals surface area contributed by atoms with Gasteiger partial charge in [-0.1, -0.05) is 55.5 Å². The minimum atomic E-state index is -0.140. The Bertz CT molecular complexity index is 981. The molecule has 1 saturated heterocycles. The summed E-state index contributed by atoms with van der Waals surface area (Å²) in [5.74, 6) is 4.08. The van der Waals surface area contributed by atoms with E-state index in [1.54, 1.807) is 0 Å². The summed E-state index contributed by atoms with van der Waals surface area (Å²) in [6, 6.07) is 0. The van der Waals surface area contributed by atoms with E-state index in [4.69, 9.17) is 9.47 Å². The van der Waals surface area contributed by atoms with Crippen molar-refractivity contribution in [3.05, 3.63) is 48.6 Å². The van der Waals surface area contributed by atoms with Crippen molar-refractivity contribution in [2.45, 2.75) is 70.7 Å². The van der Waals surface area contributed by atoms with Crippen molar-refractivity contribution in [3.63, 3.8) is 0 Å². The molecule has 0 aromatic rings. The number of amides is 1. The summed E-state index contributed by atoms with van der Waals surface area (Å²) in [6.45, 7) is 3.29. The molecule has 0 aromatic carbocycles. The fraction of sp³-hybridized carbons (Fsp3) is 0.688. The molecule has 0 aromatic heterocycles. The molecule has 11 atom stereocenters. The smallest absolute Gasteiger partial charge is 0.223 e. The topological polar surface area (TPSA) is 67.9 Å². The van der Waals surface area contributed by atoms with E-state index >= 15 is 0 Å². The third-order valence-corrected chi connectivity index (χ3v) is 9.97. The third kappa shape index (κ3) is 5.73. The summed E-state index contributed by atoms with van der Waals surface area (Å²) in [6.07, 6.45) is 26.0. The normalized spacial score (nSPS) is 41.6. The van der Waals surface area contributed by atoms with Gasteiger partial charge in [-0.25, -0.2) is 0 Å². The van der Waals surface area contributed by atoms with Gasteiger partial charge in [0.25, 0.3) is 0 Å². The summed E-state index contributed by atoms with van der Waals surface area (Å²) >= 11 is 0. The van der Waals surface area contributed by atoms with Crippen LogP contribution in [0.5, 0.6) is 0 Å². The molecule has 37 heavy (non-hydrogen) atoms. The highest BCUT2D eigenvalue weighted by molar-refractivity contribution is 5.83. The zero-order valence-electron chi connectivity index (χ0n) is 22.2. The summed E-state index contributed by atoms with van der Waals surface area (Å²) in [4.78, 5) is 25.8. The predicted octanol–water partition coefficient (Wildman–Crippen LogP) is 5.39. The Morgan fingerprint density at radius 2 is 1.76 bits per heavy atom. The van der Waals surface area contributed by atoms with Crippen LogP contribution in [0.25, 0.3) is 0 Å². The number of ether oxygens (including phenoxy) is 2. The molecule has 11 unspecified atom stereocenters. The van der Waals surface area contributed by atoms with E-state index in [2.05, 4.69) is 54.8 Å². The molecule has 0 radical (unpaired) electrons. The molecule has 3 fully saturated rings. The Kier molecular flexibility index (Phi) is 7.54. The van der Waals surface area contributed by atoms with Crippen LogP contribution in [0.2, 0.25) is 0 Å². The first-order chi connectivity index (χ1) is 18.1.